The van der Waals surface area contributed by atoms with Crippen LogP contribution >= 0.6 is 11.6 Å². The van der Waals surface area contributed by atoms with Crippen molar-refractivity contribution in [2.75, 3.05) is 0 Å². The van der Waals surface area contributed by atoms with Crippen LogP contribution in [0, 0.1) is 0 Å². The van der Waals surface area contributed by atoms with E-state index in [4.69, 9.17) is 16.3 Å². The molecule has 0 saturated carbocycles. The highest BCUT2D eigenvalue weighted by atomic mass is 35.5. The Bertz CT molecular complexity index is 384. The lowest BCUT2D eigenvalue weighted by molar-refractivity contribution is -0.165. The van der Waals surface area contributed by atoms with Gasteiger partial charge in [0, 0.05) is 0 Å². The van der Waals surface area contributed by atoms with Crippen LogP contribution in [-0.4, -0.2) is 28.2 Å². The van der Waals surface area contributed by atoms with Gasteiger partial charge in [-0.1, -0.05) is 30.3 Å². The predicted molar refractivity (Wildman–Crippen MR) is 71.6 cm³/mol. The van der Waals surface area contributed by atoms with Crippen LogP contribution in [0.2, 0.25) is 0 Å². The van der Waals surface area contributed by atoms with Crippen molar-refractivity contribution in [1.29, 1.82) is 0 Å². The number of ether oxygens (including phenoxy) is 1. The molecule has 0 spiro atoms. The predicted octanol–water partition coefficient (Wildman–Crippen LogP) is 2.54. The number of carbonyl (C=O) groups is 1. The topological polar surface area (TPSA) is 46.5 Å². The fraction of sp³-hybridized carbons (Fsp3) is 0.500. The molecule has 0 amide bonds. The Morgan fingerprint density at radius 1 is 1.33 bits per heavy atom. The lowest BCUT2D eigenvalue weighted by Gasteiger charge is -2.23. The number of alkyl halides is 1. The van der Waals surface area contributed by atoms with Gasteiger partial charge in [-0.2, -0.15) is 0 Å². The third kappa shape index (κ3) is 5.07. The van der Waals surface area contributed by atoms with Crippen LogP contribution < -0.4 is 0 Å². The number of rotatable bonds is 4. The van der Waals surface area contributed by atoms with E-state index in [1.165, 1.54) is 0 Å². The molecule has 100 valence electrons. The van der Waals surface area contributed by atoms with Crippen molar-refractivity contribution >= 4 is 17.6 Å². The highest BCUT2D eigenvalue weighted by Gasteiger charge is 2.29. The molecular weight excluding hydrogens is 252 g/mol. The molecule has 1 aromatic carbocycles. The molecule has 18 heavy (non-hydrogen) atoms. The zero-order chi connectivity index (χ0) is 13.8. The fourth-order valence-electron chi connectivity index (χ4n) is 1.46. The number of hydrogen-bond acceptors (Lipinski definition) is 3. The molecule has 0 fully saturated rings. The van der Waals surface area contributed by atoms with E-state index in [1.807, 2.05) is 30.3 Å². The lowest BCUT2D eigenvalue weighted by atomic mass is 10.1. The summed E-state index contributed by atoms with van der Waals surface area (Å²) in [4.78, 5) is 11.6. The first-order chi connectivity index (χ1) is 8.29. The number of aliphatic hydroxyl groups excluding tert-OH is 1. The Hall–Kier alpha value is -1.06. The van der Waals surface area contributed by atoms with Crippen LogP contribution in [0.15, 0.2) is 30.3 Å². The first-order valence-corrected chi connectivity index (χ1v) is 6.32. The van der Waals surface area contributed by atoms with Crippen LogP contribution in [0.1, 0.15) is 26.3 Å². The summed E-state index contributed by atoms with van der Waals surface area (Å²) in [6.07, 6.45) is -0.894. The van der Waals surface area contributed by atoms with E-state index in [0.717, 1.165) is 5.56 Å². The van der Waals surface area contributed by atoms with Gasteiger partial charge >= 0.3 is 5.97 Å². The first kappa shape index (κ1) is 15.0. The minimum absolute atomic E-state index is 0.419. The smallest absolute Gasteiger partial charge is 0.337 e. The maximum absolute atomic E-state index is 11.6. The van der Waals surface area contributed by atoms with Crippen LogP contribution in [0.25, 0.3) is 0 Å². The summed E-state index contributed by atoms with van der Waals surface area (Å²) in [5.74, 6) is -0.682. The summed E-state index contributed by atoms with van der Waals surface area (Å²) in [7, 11) is 0. The Balaban J connectivity index is 2.56. The average Bonchev–Trinajstić information content (AvgIpc) is 2.27. The summed E-state index contributed by atoms with van der Waals surface area (Å²) in [6.45, 7) is 5.24. The minimum Gasteiger partial charge on any atom is -0.458 e. The van der Waals surface area contributed by atoms with Gasteiger partial charge in [-0.3, -0.25) is 0 Å². The monoisotopic (exact) mass is 270 g/mol. The second-order valence-corrected chi connectivity index (χ2v) is 5.74. The SMILES string of the molecule is CC(C)(C)OC(=O)[C@H](O)[C@H](Cl)Cc1ccccc1. The van der Waals surface area contributed by atoms with Crippen molar-refractivity contribution < 1.29 is 14.6 Å². The average molecular weight is 271 g/mol. The van der Waals surface area contributed by atoms with E-state index in [0.29, 0.717) is 6.42 Å². The van der Waals surface area contributed by atoms with E-state index in [9.17, 15) is 9.90 Å². The molecule has 0 radical (unpaired) electrons. The van der Waals surface area contributed by atoms with Crippen LogP contribution in [0.3, 0.4) is 0 Å². The minimum atomic E-state index is -1.31. The Morgan fingerprint density at radius 2 is 1.89 bits per heavy atom. The number of carbonyl (C=O) groups excluding carboxylic acids is 1. The van der Waals surface area contributed by atoms with E-state index >= 15 is 0 Å². The van der Waals surface area contributed by atoms with E-state index < -0.39 is 23.1 Å². The Labute approximate surface area is 113 Å². The van der Waals surface area contributed by atoms with Gasteiger partial charge < -0.3 is 9.84 Å². The zero-order valence-corrected chi connectivity index (χ0v) is 11.6. The molecule has 0 unspecified atom stereocenters. The summed E-state index contributed by atoms with van der Waals surface area (Å²) in [5, 5.41) is 9.11. The quantitative estimate of drug-likeness (QED) is 0.676. The van der Waals surface area contributed by atoms with Crippen molar-refractivity contribution in [3.05, 3.63) is 35.9 Å². The molecular formula is C14H19ClO3. The van der Waals surface area contributed by atoms with Gasteiger partial charge in [0.25, 0.3) is 0 Å². The van der Waals surface area contributed by atoms with E-state index in [2.05, 4.69) is 0 Å². The molecule has 3 nitrogen and oxygen atoms in total. The molecule has 0 heterocycles. The van der Waals surface area contributed by atoms with E-state index in [1.54, 1.807) is 20.8 Å². The summed E-state index contributed by atoms with van der Waals surface area (Å²) in [6, 6.07) is 9.48. The molecule has 0 saturated heterocycles. The first-order valence-electron chi connectivity index (χ1n) is 5.88. The molecule has 4 heteroatoms. The van der Waals surface area contributed by atoms with Crippen molar-refractivity contribution in [3.8, 4) is 0 Å². The van der Waals surface area contributed by atoms with Gasteiger partial charge in [0.15, 0.2) is 6.10 Å². The Kier molecular flexibility index (Phi) is 5.17. The number of esters is 1. The normalized spacial score (nSPS) is 14.9. The van der Waals surface area contributed by atoms with Crippen molar-refractivity contribution in [2.45, 2.75) is 44.3 Å². The summed E-state index contributed by atoms with van der Waals surface area (Å²) >= 11 is 6.04. The number of aliphatic hydroxyl groups is 1. The second-order valence-electron chi connectivity index (χ2n) is 5.18. The van der Waals surface area contributed by atoms with Gasteiger partial charge in [0.2, 0.25) is 0 Å². The largest absolute Gasteiger partial charge is 0.458 e. The molecule has 0 aliphatic heterocycles. The Morgan fingerprint density at radius 3 is 2.39 bits per heavy atom. The van der Waals surface area contributed by atoms with Crippen molar-refractivity contribution in [3.63, 3.8) is 0 Å². The highest BCUT2D eigenvalue weighted by molar-refractivity contribution is 6.22. The van der Waals surface area contributed by atoms with Crippen molar-refractivity contribution in [2.24, 2.45) is 0 Å². The third-order valence-electron chi connectivity index (χ3n) is 2.26. The van der Waals surface area contributed by atoms with Crippen LogP contribution in [-0.2, 0) is 16.0 Å². The maximum Gasteiger partial charge on any atom is 0.337 e. The number of hydrogen-bond donors (Lipinski definition) is 1. The fourth-order valence-corrected chi connectivity index (χ4v) is 1.74. The number of halogens is 1. The molecule has 1 N–H and O–H groups in total. The summed E-state index contributed by atoms with van der Waals surface area (Å²) < 4.78 is 5.08. The van der Waals surface area contributed by atoms with E-state index in [-0.39, 0.29) is 0 Å². The van der Waals surface area contributed by atoms with Gasteiger partial charge in [-0.05, 0) is 32.8 Å². The molecule has 0 aliphatic rings. The summed E-state index contributed by atoms with van der Waals surface area (Å²) in [5.41, 5.74) is 0.349. The molecule has 0 bridgehead atoms. The van der Waals surface area contributed by atoms with Crippen molar-refractivity contribution in [1.82, 2.24) is 0 Å². The molecule has 0 aromatic heterocycles. The maximum atomic E-state index is 11.6. The second kappa shape index (κ2) is 6.21. The van der Waals surface area contributed by atoms with Gasteiger partial charge in [-0.25, -0.2) is 4.79 Å². The molecule has 2 atom stereocenters. The standard InChI is InChI=1S/C14H19ClO3/c1-14(2,3)18-13(17)12(16)11(15)9-10-7-5-4-6-8-10/h4-8,11-12,16H,9H2,1-3H3/t11-,12-/m1/s1. The third-order valence-corrected chi connectivity index (χ3v) is 2.66. The highest BCUT2D eigenvalue weighted by Crippen LogP contribution is 2.16. The van der Waals surface area contributed by atoms with Gasteiger partial charge in [-0.15, -0.1) is 11.6 Å². The van der Waals surface area contributed by atoms with Crippen LogP contribution in [0.4, 0.5) is 0 Å². The molecule has 1 aromatic rings. The molecule has 0 aliphatic carbocycles. The molecule has 1 rings (SSSR count). The van der Waals surface area contributed by atoms with Crippen LogP contribution in [0.5, 0.6) is 0 Å². The zero-order valence-electron chi connectivity index (χ0n) is 10.9. The van der Waals surface area contributed by atoms with Gasteiger partial charge in [0.05, 0.1) is 5.38 Å². The number of benzene rings is 1. The van der Waals surface area contributed by atoms with Gasteiger partial charge in [0.1, 0.15) is 5.60 Å². The lowest BCUT2D eigenvalue weighted by Crippen LogP contribution is -2.37.